The summed E-state index contributed by atoms with van der Waals surface area (Å²) in [6.07, 6.45) is 1.00. The number of carbonyl (C=O) groups excluding carboxylic acids is 1. The number of ether oxygens (including phenoxy) is 1. The van der Waals surface area contributed by atoms with Crippen LogP contribution in [-0.2, 0) is 11.2 Å². The molecule has 1 aromatic rings. The zero-order valence-electron chi connectivity index (χ0n) is 12.0. The summed E-state index contributed by atoms with van der Waals surface area (Å²) >= 11 is 0. The van der Waals surface area contributed by atoms with Crippen LogP contribution in [0.4, 0.5) is 0 Å². The number of nitrogens with two attached hydrogens (primary N) is 1. The summed E-state index contributed by atoms with van der Waals surface area (Å²) in [7, 11) is 0. The van der Waals surface area contributed by atoms with Crippen molar-refractivity contribution in [1.29, 1.82) is 0 Å². The Bertz CT molecular complexity index is 390. The minimum Gasteiger partial charge on any atom is -0.481 e. The van der Waals surface area contributed by atoms with Gasteiger partial charge in [-0.25, -0.2) is 0 Å². The molecule has 0 aliphatic carbocycles. The van der Waals surface area contributed by atoms with Crippen molar-refractivity contribution in [3.8, 4) is 5.75 Å². The number of amides is 1. The molecule has 19 heavy (non-hydrogen) atoms. The van der Waals surface area contributed by atoms with Gasteiger partial charge in [-0.1, -0.05) is 26.0 Å². The Morgan fingerprint density at radius 3 is 2.42 bits per heavy atom. The third kappa shape index (κ3) is 5.30. The van der Waals surface area contributed by atoms with Crippen molar-refractivity contribution in [2.24, 2.45) is 5.73 Å². The van der Waals surface area contributed by atoms with Crippen LogP contribution in [-0.4, -0.2) is 24.6 Å². The lowest BCUT2D eigenvalue weighted by Gasteiger charge is -2.15. The van der Waals surface area contributed by atoms with Gasteiger partial charge >= 0.3 is 0 Å². The van der Waals surface area contributed by atoms with E-state index in [1.54, 1.807) is 0 Å². The van der Waals surface area contributed by atoms with Crippen LogP contribution in [0.25, 0.3) is 0 Å². The van der Waals surface area contributed by atoms with Crippen LogP contribution in [0.15, 0.2) is 24.3 Å². The molecule has 4 heteroatoms. The van der Waals surface area contributed by atoms with Crippen LogP contribution in [0.3, 0.4) is 0 Å². The first-order valence-electron chi connectivity index (χ1n) is 6.85. The van der Waals surface area contributed by atoms with Gasteiger partial charge in [0.15, 0.2) is 6.10 Å². The maximum Gasteiger partial charge on any atom is 0.258 e. The van der Waals surface area contributed by atoms with Gasteiger partial charge in [0.05, 0.1) is 0 Å². The van der Waals surface area contributed by atoms with Crippen LogP contribution >= 0.6 is 0 Å². The zero-order valence-corrected chi connectivity index (χ0v) is 12.0. The van der Waals surface area contributed by atoms with Gasteiger partial charge in [0.25, 0.3) is 5.91 Å². The van der Waals surface area contributed by atoms with Gasteiger partial charge in [0, 0.05) is 6.04 Å². The van der Waals surface area contributed by atoms with E-state index in [2.05, 4.69) is 19.2 Å². The molecule has 0 fully saturated rings. The highest BCUT2D eigenvalue weighted by Gasteiger charge is 2.14. The number of rotatable bonds is 8. The van der Waals surface area contributed by atoms with E-state index in [4.69, 9.17) is 10.5 Å². The van der Waals surface area contributed by atoms with E-state index in [0.29, 0.717) is 18.2 Å². The summed E-state index contributed by atoms with van der Waals surface area (Å²) in [5.74, 6) is 0.262. The normalized spacial score (nSPS) is 13.8. The number of hydrogen-bond donors (Lipinski definition) is 2. The van der Waals surface area contributed by atoms with Gasteiger partial charge in [-0.15, -0.1) is 0 Å². The highest BCUT2D eigenvalue weighted by atomic mass is 16.5. The molecule has 0 saturated carbocycles. The van der Waals surface area contributed by atoms with Crippen LogP contribution in [0.2, 0.25) is 0 Å². The number of hydrogen-bond acceptors (Lipinski definition) is 3. The van der Waals surface area contributed by atoms with E-state index >= 15 is 0 Å². The second kappa shape index (κ2) is 7.79. The van der Waals surface area contributed by atoms with Gasteiger partial charge in [-0.3, -0.25) is 4.79 Å². The first-order chi connectivity index (χ1) is 9.06. The molecule has 0 aliphatic heterocycles. The lowest BCUT2D eigenvalue weighted by Crippen LogP contribution is -2.32. The third-order valence-corrected chi connectivity index (χ3v) is 2.98. The Morgan fingerprint density at radius 1 is 1.32 bits per heavy atom. The SMILES string of the molecule is CCNC(C)Cc1ccc(OC(CC)C(N)=O)cc1. The fourth-order valence-corrected chi connectivity index (χ4v) is 1.99. The molecule has 3 N–H and O–H groups in total. The van der Waals surface area contributed by atoms with Gasteiger partial charge in [0.2, 0.25) is 0 Å². The van der Waals surface area contributed by atoms with Crippen molar-refractivity contribution < 1.29 is 9.53 Å². The monoisotopic (exact) mass is 264 g/mol. The number of carbonyl (C=O) groups is 1. The van der Waals surface area contributed by atoms with Crippen molar-refractivity contribution in [2.45, 2.75) is 45.8 Å². The Balaban J connectivity index is 2.58. The molecule has 0 aliphatic rings. The molecule has 4 nitrogen and oxygen atoms in total. The quantitative estimate of drug-likeness (QED) is 0.753. The first-order valence-corrected chi connectivity index (χ1v) is 6.85. The Morgan fingerprint density at radius 2 is 1.95 bits per heavy atom. The lowest BCUT2D eigenvalue weighted by molar-refractivity contribution is -0.124. The van der Waals surface area contributed by atoms with Gasteiger partial charge in [-0.05, 0) is 44.0 Å². The summed E-state index contributed by atoms with van der Waals surface area (Å²) in [6.45, 7) is 7.11. The molecule has 0 saturated heterocycles. The molecule has 106 valence electrons. The Labute approximate surface area is 115 Å². The number of primary amides is 1. The number of nitrogens with one attached hydrogen (secondary N) is 1. The number of likely N-dealkylation sites (N-methyl/N-ethyl adjacent to an activating group) is 1. The summed E-state index contributed by atoms with van der Waals surface area (Å²) < 4.78 is 5.54. The minimum atomic E-state index is -0.550. The molecule has 1 aromatic carbocycles. The average Bonchev–Trinajstić information content (AvgIpc) is 2.37. The largest absolute Gasteiger partial charge is 0.481 e. The Hall–Kier alpha value is -1.55. The molecule has 0 aromatic heterocycles. The van der Waals surface area contributed by atoms with Crippen molar-refractivity contribution in [2.75, 3.05) is 6.54 Å². The highest BCUT2D eigenvalue weighted by molar-refractivity contribution is 5.79. The van der Waals surface area contributed by atoms with E-state index < -0.39 is 12.0 Å². The molecule has 1 rings (SSSR count). The van der Waals surface area contributed by atoms with Gasteiger partial charge in [-0.2, -0.15) is 0 Å². The molecular weight excluding hydrogens is 240 g/mol. The summed E-state index contributed by atoms with van der Waals surface area (Å²) in [5.41, 5.74) is 6.50. The summed E-state index contributed by atoms with van der Waals surface area (Å²) in [5, 5.41) is 3.37. The van der Waals surface area contributed by atoms with Crippen molar-refractivity contribution >= 4 is 5.91 Å². The molecule has 0 bridgehead atoms. The highest BCUT2D eigenvalue weighted by Crippen LogP contribution is 2.16. The van der Waals surface area contributed by atoms with Gasteiger partial charge in [0.1, 0.15) is 5.75 Å². The third-order valence-electron chi connectivity index (χ3n) is 2.98. The topological polar surface area (TPSA) is 64.3 Å². The molecule has 0 radical (unpaired) electrons. The van der Waals surface area contributed by atoms with E-state index in [0.717, 1.165) is 13.0 Å². The summed E-state index contributed by atoms with van der Waals surface area (Å²) in [4.78, 5) is 11.1. The fraction of sp³-hybridized carbons (Fsp3) is 0.533. The average molecular weight is 264 g/mol. The standard InChI is InChI=1S/C15H24N2O2/c1-4-14(15(16)18)19-13-8-6-12(7-9-13)10-11(3)17-5-2/h6-9,11,14,17H,4-5,10H2,1-3H3,(H2,16,18). The van der Waals surface area contributed by atoms with Crippen molar-refractivity contribution in [3.05, 3.63) is 29.8 Å². The predicted molar refractivity (Wildman–Crippen MR) is 77.2 cm³/mol. The maximum atomic E-state index is 11.1. The molecular formula is C15H24N2O2. The lowest BCUT2D eigenvalue weighted by atomic mass is 10.1. The second-order valence-electron chi connectivity index (χ2n) is 4.72. The van der Waals surface area contributed by atoms with Crippen LogP contribution < -0.4 is 15.8 Å². The first kappa shape index (κ1) is 15.5. The van der Waals surface area contributed by atoms with Crippen molar-refractivity contribution in [1.82, 2.24) is 5.32 Å². The molecule has 1 amide bonds. The number of benzene rings is 1. The van der Waals surface area contributed by atoms with Gasteiger partial charge < -0.3 is 15.8 Å². The smallest absolute Gasteiger partial charge is 0.258 e. The molecule has 0 spiro atoms. The maximum absolute atomic E-state index is 11.1. The van der Waals surface area contributed by atoms with E-state index in [-0.39, 0.29) is 0 Å². The predicted octanol–water partition coefficient (Wildman–Crippen LogP) is 1.87. The molecule has 2 atom stereocenters. The van der Waals surface area contributed by atoms with Crippen LogP contribution in [0.5, 0.6) is 5.75 Å². The fourth-order valence-electron chi connectivity index (χ4n) is 1.99. The van der Waals surface area contributed by atoms with E-state index in [9.17, 15) is 4.79 Å². The summed E-state index contributed by atoms with van der Waals surface area (Å²) in [6, 6.07) is 8.28. The van der Waals surface area contributed by atoms with E-state index in [1.807, 2.05) is 31.2 Å². The molecule has 0 heterocycles. The minimum absolute atomic E-state index is 0.424. The molecule has 2 unspecified atom stereocenters. The van der Waals surface area contributed by atoms with E-state index in [1.165, 1.54) is 5.56 Å². The van der Waals surface area contributed by atoms with Crippen molar-refractivity contribution in [3.63, 3.8) is 0 Å². The van der Waals surface area contributed by atoms with Crippen LogP contribution in [0.1, 0.15) is 32.8 Å². The van der Waals surface area contributed by atoms with Crippen LogP contribution in [0, 0.1) is 0 Å². The second-order valence-corrected chi connectivity index (χ2v) is 4.72. The zero-order chi connectivity index (χ0) is 14.3. The Kier molecular flexibility index (Phi) is 6.36.